The first-order valence-electron chi connectivity index (χ1n) is 4.48. The van der Waals surface area contributed by atoms with Crippen LogP contribution in [0.1, 0.15) is 10.4 Å². The van der Waals surface area contributed by atoms with E-state index in [1.54, 1.807) is 18.0 Å². The number of ether oxygens (including phenoxy) is 1. The van der Waals surface area contributed by atoms with Crippen molar-refractivity contribution >= 4 is 6.29 Å². The normalized spacial score (nSPS) is 9.93. The molecular formula is C11H10N2O2. The van der Waals surface area contributed by atoms with Crippen LogP contribution in [-0.4, -0.2) is 23.2 Å². The van der Waals surface area contributed by atoms with Crippen LogP contribution in [-0.2, 0) is 0 Å². The van der Waals surface area contributed by atoms with Crippen molar-refractivity contribution in [3.8, 4) is 11.4 Å². The third-order valence-corrected chi connectivity index (χ3v) is 2.06. The van der Waals surface area contributed by atoms with Gasteiger partial charge in [0.1, 0.15) is 5.75 Å². The summed E-state index contributed by atoms with van der Waals surface area (Å²) in [4.78, 5) is 10.5. The van der Waals surface area contributed by atoms with E-state index in [0.29, 0.717) is 5.56 Å². The van der Waals surface area contributed by atoms with Gasteiger partial charge in [0.2, 0.25) is 0 Å². The van der Waals surface area contributed by atoms with E-state index in [2.05, 4.69) is 5.10 Å². The zero-order valence-electron chi connectivity index (χ0n) is 8.25. The lowest BCUT2D eigenvalue weighted by molar-refractivity contribution is 0.112. The second-order valence-corrected chi connectivity index (χ2v) is 3.04. The molecule has 1 heterocycles. The first kappa shape index (κ1) is 9.45. The molecular weight excluding hydrogens is 192 g/mol. The van der Waals surface area contributed by atoms with E-state index in [1.165, 1.54) is 6.20 Å². The van der Waals surface area contributed by atoms with Crippen LogP contribution in [0.2, 0.25) is 0 Å². The molecule has 0 fully saturated rings. The first-order valence-corrected chi connectivity index (χ1v) is 4.48. The molecule has 0 aliphatic rings. The van der Waals surface area contributed by atoms with Gasteiger partial charge in [0, 0.05) is 12.3 Å². The Morgan fingerprint density at radius 3 is 3.00 bits per heavy atom. The molecule has 0 unspecified atom stereocenters. The van der Waals surface area contributed by atoms with E-state index in [1.807, 2.05) is 24.3 Å². The Balaban J connectivity index is 2.39. The van der Waals surface area contributed by atoms with Crippen LogP contribution in [0.4, 0.5) is 0 Å². The number of rotatable bonds is 3. The number of aromatic nitrogens is 2. The molecule has 0 aliphatic heterocycles. The number of hydrogen-bond acceptors (Lipinski definition) is 3. The van der Waals surface area contributed by atoms with Gasteiger partial charge < -0.3 is 4.74 Å². The van der Waals surface area contributed by atoms with Crippen LogP contribution in [0.15, 0.2) is 36.7 Å². The smallest absolute Gasteiger partial charge is 0.153 e. The molecule has 2 aromatic rings. The van der Waals surface area contributed by atoms with Crippen LogP contribution in [0.25, 0.3) is 5.69 Å². The van der Waals surface area contributed by atoms with E-state index < -0.39 is 0 Å². The molecule has 4 nitrogen and oxygen atoms in total. The monoisotopic (exact) mass is 202 g/mol. The minimum Gasteiger partial charge on any atom is -0.497 e. The molecule has 0 saturated heterocycles. The number of aldehydes is 1. The van der Waals surface area contributed by atoms with Gasteiger partial charge >= 0.3 is 0 Å². The second-order valence-electron chi connectivity index (χ2n) is 3.04. The summed E-state index contributed by atoms with van der Waals surface area (Å²) < 4.78 is 6.73. The molecule has 15 heavy (non-hydrogen) atoms. The Bertz CT molecular complexity index is 477. The lowest BCUT2D eigenvalue weighted by Gasteiger charge is -2.03. The van der Waals surface area contributed by atoms with Crippen LogP contribution in [0, 0.1) is 0 Å². The van der Waals surface area contributed by atoms with Crippen LogP contribution >= 0.6 is 0 Å². The maximum absolute atomic E-state index is 10.5. The minimum atomic E-state index is 0.554. The summed E-state index contributed by atoms with van der Waals surface area (Å²) in [6.45, 7) is 0. The van der Waals surface area contributed by atoms with Gasteiger partial charge in [0.25, 0.3) is 0 Å². The van der Waals surface area contributed by atoms with E-state index in [0.717, 1.165) is 17.7 Å². The number of hydrogen-bond donors (Lipinski definition) is 0. The SMILES string of the molecule is COc1cccc(-n2cc(C=O)cn2)c1. The highest BCUT2D eigenvalue weighted by molar-refractivity contribution is 5.73. The number of methoxy groups -OCH3 is 1. The minimum absolute atomic E-state index is 0.554. The van der Waals surface area contributed by atoms with Crippen molar-refractivity contribution in [2.24, 2.45) is 0 Å². The highest BCUT2D eigenvalue weighted by Crippen LogP contribution is 2.15. The van der Waals surface area contributed by atoms with Gasteiger partial charge in [-0.3, -0.25) is 4.79 Å². The van der Waals surface area contributed by atoms with Crippen molar-refractivity contribution in [2.45, 2.75) is 0 Å². The van der Waals surface area contributed by atoms with Gasteiger partial charge in [-0.2, -0.15) is 5.10 Å². The van der Waals surface area contributed by atoms with E-state index in [9.17, 15) is 4.79 Å². The van der Waals surface area contributed by atoms with Crippen molar-refractivity contribution in [3.05, 3.63) is 42.2 Å². The Hall–Kier alpha value is -2.10. The lowest BCUT2D eigenvalue weighted by Crippen LogP contribution is -1.94. The van der Waals surface area contributed by atoms with Gasteiger partial charge in [0.15, 0.2) is 6.29 Å². The molecule has 1 aromatic heterocycles. The lowest BCUT2D eigenvalue weighted by atomic mass is 10.3. The zero-order valence-corrected chi connectivity index (χ0v) is 8.25. The van der Waals surface area contributed by atoms with Gasteiger partial charge in [-0.25, -0.2) is 4.68 Å². The third-order valence-electron chi connectivity index (χ3n) is 2.06. The Kier molecular flexibility index (Phi) is 2.49. The summed E-state index contributed by atoms with van der Waals surface area (Å²) >= 11 is 0. The molecule has 2 rings (SSSR count). The van der Waals surface area contributed by atoms with E-state index in [4.69, 9.17) is 4.74 Å². The molecule has 0 spiro atoms. The molecule has 0 aliphatic carbocycles. The fourth-order valence-electron chi connectivity index (χ4n) is 1.29. The zero-order chi connectivity index (χ0) is 10.7. The number of carbonyl (C=O) groups excluding carboxylic acids is 1. The molecule has 0 amide bonds. The first-order chi connectivity index (χ1) is 7.33. The van der Waals surface area contributed by atoms with Gasteiger partial charge in [-0.1, -0.05) is 6.07 Å². The predicted octanol–water partition coefficient (Wildman–Crippen LogP) is 1.69. The molecule has 0 radical (unpaired) electrons. The Morgan fingerprint density at radius 2 is 2.33 bits per heavy atom. The largest absolute Gasteiger partial charge is 0.497 e. The van der Waals surface area contributed by atoms with Crippen molar-refractivity contribution in [1.29, 1.82) is 0 Å². The van der Waals surface area contributed by atoms with Gasteiger partial charge in [-0.05, 0) is 12.1 Å². The van der Waals surface area contributed by atoms with Gasteiger partial charge in [-0.15, -0.1) is 0 Å². The van der Waals surface area contributed by atoms with Crippen molar-refractivity contribution < 1.29 is 9.53 Å². The molecule has 0 bridgehead atoms. The fraction of sp³-hybridized carbons (Fsp3) is 0.0909. The van der Waals surface area contributed by atoms with E-state index >= 15 is 0 Å². The average molecular weight is 202 g/mol. The highest BCUT2D eigenvalue weighted by Gasteiger charge is 2.00. The van der Waals surface area contributed by atoms with Crippen molar-refractivity contribution in [3.63, 3.8) is 0 Å². The van der Waals surface area contributed by atoms with Crippen LogP contribution < -0.4 is 4.74 Å². The average Bonchev–Trinajstić information content (AvgIpc) is 2.78. The molecule has 0 saturated carbocycles. The second kappa shape index (κ2) is 3.96. The number of nitrogens with zero attached hydrogens (tertiary/aromatic N) is 2. The van der Waals surface area contributed by atoms with Crippen LogP contribution in [0.5, 0.6) is 5.75 Å². The fourth-order valence-corrected chi connectivity index (χ4v) is 1.29. The molecule has 76 valence electrons. The standard InChI is InChI=1S/C11H10N2O2/c1-15-11-4-2-3-10(5-11)13-7-9(8-14)6-12-13/h2-8H,1H3. The summed E-state index contributed by atoms with van der Waals surface area (Å²) in [5.41, 5.74) is 1.42. The highest BCUT2D eigenvalue weighted by atomic mass is 16.5. The summed E-state index contributed by atoms with van der Waals surface area (Å²) in [5, 5.41) is 4.06. The Labute approximate surface area is 87.1 Å². The molecule has 1 aromatic carbocycles. The Morgan fingerprint density at radius 1 is 1.47 bits per heavy atom. The number of carbonyl (C=O) groups is 1. The predicted molar refractivity (Wildman–Crippen MR) is 55.5 cm³/mol. The molecule has 4 heteroatoms. The third kappa shape index (κ3) is 1.88. The van der Waals surface area contributed by atoms with E-state index in [-0.39, 0.29) is 0 Å². The quantitative estimate of drug-likeness (QED) is 0.711. The summed E-state index contributed by atoms with van der Waals surface area (Å²) in [6, 6.07) is 7.47. The topological polar surface area (TPSA) is 44.1 Å². The van der Waals surface area contributed by atoms with Crippen molar-refractivity contribution in [2.75, 3.05) is 7.11 Å². The maximum atomic E-state index is 10.5. The maximum Gasteiger partial charge on any atom is 0.153 e. The van der Waals surface area contributed by atoms with Crippen molar-refractivity contribution in [1.82, 2.24) is 9.78 Å². The number of benzene rings is 1. The molecule has 0 N–H and O–H groups in total. The summed E-state index contributed by atoms with van der Waals surface area (Å²) in [7, 11) is 1.61. The van der Waals surface area contributed by atoms with Crippen LogP contribution in [0.3, 0.4) is 0 Å². The summed E-state index contributed by atoms with van der Waals surface area (Å²) in [6.07, 6.45) is 3.96. The molecule has 0 atom stereocenters. The van der Waals surface area contributed by atoms with Gasteiger partial charge in [0.05, 0.1) is 24.6 Å². The summed E-state index contributed by atoms with van der Waals surface area (Å²) in [5.74, 6) is 0.760.